The average molecular weight is 349 g/mol. The van der Waals surface area contributed by atoms with E-state index in [1.54, 1.807) is 13.0 Å². The number of nitrogens with one attached hydrogen (secondary N) is 1. The Morgan fingerprint density at radius 2 is 2.11 bits per heavy atom. The number of nitrogens with zero attached hydrogens (tertiary/aromatic N) is 2. The van der Waals surface area contributed by atoms with Crippen molar-refractivity contribution in [1.29, 1.82) is 0 Å². The number of hydrogen-bond donors (Lipinski definition) is 2. The van der Waals surface area contributed by atoms with Crippen molar-refractivity contribution in [3.63, 3.8) is 0 Å². The van der Waals surface area contributed by atoms with Gasteiger partial charge in [0.1, 0.15) is 5.01 Å². The van der Waals surface area contributed by atoms with Gasteiger partial charge in [0.05, 0.1) is 4.90 Å². The SMILES string of the molecule is Cc1nnc(NS(=O)(=O)c2ccc(Br)c(N)c2)s1. The van der Waals surface area contributed by atoms with Crippen LogP contribution in [-0.2, 0) is 10.0 Å². The van der Waals surface area contributed by atoms with E-state index in [9.17, 15) is 8.42 Å². The van der Waals surface area contributed by atoms with Crippen LogP contribution in [0.2, 0.25) is 0 Å². The van der Waals surface area contributed by atoms with Crippen molar-refractivity contribution in [1.82, 2.24) is 10.2 Å². The Bertz CT molecular complexity index is 684. The van der Waals surface area contributed by atoms with Crippen LogP contribution in [0.15, 0.2) is 27.6 Å². The molecule has 0 aliphatic heterocycles. The van der Waals surface area contributed by atoms with Crippen LogP contribution in [0.5, 0.6) is 0 Å². The van der Waals surface area contributed by atoms with Gasteiger partial charge in [-0.1, -0.05) is 11.3 Å². The van der Waals surface area contributed by atoms with E-state index in [0.29, 0.717) is 15.2 Å². The number of halogens is 1. The van der Waals surface area contributed by atoms with Gasteiger partial charge in [-0.25, -0.2) is 8.42 Å². The highest BCUT2D eigenvalue weighted by atomic mass is 79.9. The van der Waals surface area contributed by atoms with Crippen LogP contribution in [0.3, 0.4) is 0 Å². The van der Waals surface area contributed by atoms with Crippen LogP contribution < -0.4 is 10.5 Å². The predicted molar refractivity (Wildman–Crippen MR) is 74.0 cm³/mol. The average Bonchev–Trinajstić information content (AvgIpc) is 2.67. The molecule has 0 fully saturated rings. The smallest absolute Gasteiger partial charge is 0.263 e. The number of aromatic nitrogens is 2. The maximum absolute atomic E-state index is 12.0. The zero-order chi connectivity index (χ0) is 13.3. The lowest BCUT2D eigenvalue weighted by Crippen LogP contribution is -2.13. The van der Waals surface area contributed by atoms with Gasteiger partial charge in [0, 0.05) is 10.2 Å². The molecule has 3 N–H and O–H groups in total. The molecule has 0 spiro atoms. The fraction of sp³-hybridized carbons (Fsp3) is 0.111. The molecule has 0 bridgehead atoms. The molecule has 0 amide bonds. The molecule has 0 saturated heterocycles. The maximum Gasteiger partial charge on any atom is 0.263 e. The summed E-state index contributed by atoms with van der Waals surface area (Å²) < 4.78 is 27.1. The number of rotatable bonds is 3. The summed E-state index contributed by atoms with van der Waals surface area (Å²) in [4.78, 5) is 0.0797. The Morgan fingerprint density at radius 1 is 1.39 bits per heavy atom. The van der Waals surface area contributed by atoms with Gasteiger partial charge in [0.25, 0.3) is 10.0 Å². The van der Waals surface area contributed by atoms with E-state index in [2.05, 4.69) is 30.8 Å². The molecule has 18 heavy (non-hydrogen) atoms. The maximum atomic E-state index is 12.0. The fourth-order valence-electron chi connectivity index (χ4n) is 1.20. The highest BCUT2D eigenvalue weighted by Crippen LogP contribution is 2.25. The van der Waals surface area contributed by atoms with Crippen molar-refractivity contribution in [2.24, 2.45) is 0 Å². The Kier molecular flexibility index (Phi) is 3.55. The number of hydrogen-bond acceptors (Lipinski definition) is 6. The number of nitrogen functional groups attached to an aromatic ring is 1. The standard InChI is InChI=1S/C9H9BrN4O2S2/c1-5-12-13-9(17-5)14-18(15,16)6-2-3-7(10)8(11)4-6/h2-4H,11H2,1H3,(H,13,14). The van der Waals surface area contributed by atoms with Crippen molar-refractivity contribution in [3.05, 3.63) is 27.7 Å². The molecular formula is C9H9BrN4O2S2. The highest BCUT2D eigenvalue weighted by Gasteiger charge is 2.17. The lowest BCUT2D eigenvalue weighted by molar-refractivity contribution is 0.601. The van der Waals surface area contributed by atoms with Gasteiger partial charge in [0.15, 0.2) is 0 Å². The first kappa shape index (κ1) is 13.2. The van der Waals surface area contributed by atoms with Crippen molar-refractivity contribution >= 4 is 48.1 Å². The van der Waals surface area contributed by atoms with Gasteiger partial charge in [-0.3, -0.25) is 4.72 Å². The minimum absolute atomic E-state index is 0.0797. The zero-order valence-electron chi connectivity index (χ0n) is 9.21. The van der Waals surface area contributed by atoms with Crippen molar-refractivity contribution < 1.29 is 8.42 Å². The molecule has 9 heteroatoms. The summed E-state index contributed by atoms with van der Waals surface area (Å²) in [6.07, 6.45) is 0. The van der Waals surface area contributed by atoms with Crippen LogP contribution in [0.1, 0.15) is 5.01 Å². The topological polar surface area (TPSA) is 98.0 Å². The van der Waals surface area contributed by atoms with Gasteiger partial charge in [0.2, 0.25) is 5.13 Å². The molecule has 0 unspecified atom stereocenters. The normalized spacial score (nSPS) is 11.4. The van der Waals surface area contributed by atoms with E-state index in [4.69, 9.17) is 5.73 Å². The third kappa shape index (κ3) is 2.79. The third-order valence-corrected chi connectivity index (χ3v) is 4.97. The summed E-state index contributed by atoms with van der Waals surface area (Å²) in [6, 6.07) is 4.41. The summed E-state index contributed by atoms with van der Waals surface area (Å²) in [5, 5.41) is 8.35. The molecule has 96 valence electrons. The first-order valence-corrected chi connectivity index (χ1v) is 7.86. The second-order valence-corrected chi connectivity index (χ2v) is 7.13. The molecule has 2 rings (SSSR count). The monoisotopic (exact) mass is 348 g/mol. The Labute approximate surface area is 116 Å². The highest BCUT2D eigenvalue weighted by molar-refractivity contribution is 9.10. The molecule has 1 heterocycles. The minimum Gasteiger partial charge on any atom is -0.398 e. The molecule has 1 aromatic heterocycles. The molecule has 6 nitrogen and oxygen atoms in total. The molecule has 2 aromatic rings. The second kappa shape index (κ2) is 4.82. The number of sulfonamides is 1. The lowest BCUT2D eigenvalue weighted by Gasteiger charge is -2.06. The van der Waals surface area contributed by atoms with Crippen molar-refractivity contribution in [2.45, 2.75) is 11.8 Å². The summed E-state index contributed by atoms with van der Waals surface area (Å²) in [7, 11) is -3.68. The molecule has 0 aliphatic carbocycles. The summed E-state index contributed by atoms with van der Waals surface area (Å²) in [5.41, 5.74) is 6.00. The van der Waals surface area contributed by atoms with Crippen molar-refractivity contribution in [2.75, 3.05) is 10.5 Å². The summed E-state index contributed by atoms with van der Waals surface area (Å²) in [5.74, 6) is 0. The Morgan fingerprint density at radius 3 is 2.67 bits per heavy atom. The second-order valence-electron chi connectivity index (χ2n) is 3.42. The Balaban J connectivity index is 2.33. The first-order valence-electron chi connectivity index (χ1n) is 4.76. The van der Waals surface area contributed by atoms with E-state index >= 15 is 0 Å². The minimum atomic E-state index is -3.68. The van der Waals surface area contributed by atoms with E-state index in [1.165, 1.54) is 12.1 Å². The van der Waals surface area contributed by atoms with Gasteiger partial charge >= 0.3 is 0 Å². The molecule has 1 aromatic carbocycles. The van der Waals surface area contributed by atoms with Gasteiger partial charge in [-0.05, 0) is 41.1 Å². The molecule has 0 aliphatic rings. The van der Waals surface area contributed by atoms with Gasteiger partial charge < -0.3 is 5.73 Å². The van der Waals surface area contributed by atoms with Crippen LogP contribution in [0, 0.1) is 6.92 Å². The van der Waals surface area contributed by atoms with Crippen LogP contribution in [0.4, 0.5) is 10.8 Å². The van der Waals surface area contributed by atoms with E-state index in [-0.39, 0.29) is 10.0 Å². The fourth-order valence-corrected chi connectivity index (χ4v) is 3.30. The van der Waals surface area contributed by atoms with E-state index in [1.807, 2.05) is 0 Å². The molecule has 0 radical (unpaired) electrons. The first-order chi connectivity index (χ1) is 8.38. The number of benzene rings is 1. The largest absolute Gasteiger partial charge is 0.398 e. The van der Waals surface area contributed by atoms with Gasteiger partial charge in [-0.15, -0.1) is 10.2 Å². The van der Waals surface area contributed by atoms with Crippen LogP contribution in [0.25, 0.3) is 0 Å². The third-order valence-electron chi connectivity index (χ3n) is 2.03. The van der Waals surface area contributed by atoms with E-state index < -0.39 is 10.0 Å². The van der Waals surface area contributed by atoms with E-state index in [0.717, 1.165) is 11.3 Å². The summed E-state index contributed by atoms with van der Waals surface area (Å²) >= 11 is 4.37. The molecule has 0 atom stereocenters. The number of nitrogens with two attached hydrogens (primary N) is 1. The quantitative estimate of drug-likeness (QED) is 0.826. The van der Waals surface area contributed by atoms with Gasteiger partial charge in [-0.2, -0.15) is 0 Å². The summed E-state index contributed by atoms with van der Waals surface area (Å²) in [6.45, 7) is 1.74. The zero-order valence-corrected chi connectivity index (χ0v) is 12.4. The number of anilines is 2. The number of aryl methyl sites for hydroxylation is 1. The predicted octanol–water partition coefficient (Wildman–Crippen LogP) is 1.99. The Hall–Kier alpha value is -1.19. The molecule has 0 saturated carbocycles. The van der Waals surface area contributed by atoms with Crippen LogP contribution >= 0.6 is 27.3 Å². The lowest BCUT2D eigenvalue weighted by atomic mass is 10.3. The van der Waals surface area contributed by atoms with Crippen LogP contribution in [-0.4, -0.2) is 18.6 Å². The molecular weight excluding hydrogens is 340 g/mol. The van der Waals surface area contributed by atoms with Crippen molar-refractivity contribution in [3.8, 4) is 0 Å².